The summed E-state index contributed by atoms with van der Waals surface area (Å²) < 4.78 is 5.17. The molecule has 0 bridgehead atoms. The first-order valence-corrected chi connectivity index (χ1v) is 5.50. The van der Waals surface area contributed by atoms with E-state index in [1.54, 1.807) is 17.6 Å². The van der Waals surface area contributed by atoms with Crippen molar-refractivity contribution < 1.29 is 9.52 Å². The highest BCUT2D eigenvalue weighted by atomic mass is 32.1. The van der Waals surface area contributed by atoms with Crippen molar-refractivity contribution >= 4 is 11.3 Å². The lowest BCUT2D eigenvalue weighted by Gasteiger charge is -2.06. The van der Waals surface area contributed by atoms with E-state index in [1.807, 2.05) is 23.6 Å². The van der Waals surface area contributed by atoms with Crippen LogP contribution in [0.25, 0.3) is 0 Å². The fourth-order valence-electron chi connectivity index (χ4n) is 1.41. The van der Waals surface area contributed by atoms with Gasteiger partial charge in [-0.1, -0.05) is 0 Å². The van der Waals surface area contributed by atoms with Crippen molar-refractivity contribution in [1.82, 2.24) is 0 Å². The van der Waals surface area contributed by atoms with Crippen LogP contribution in [0.5, 0.6) is 0 Å². The Hall–Kier alpha value is -1.06. The van der Waals surface area contributed by atoms with E-state index >= 15 is 0 Å². The van der Waals surface area contributed by atoms with Gasteiger partial charge in [0, 0.05) is 6.42 Å². The van der Waals surface area contributed by atoms with Crippen molar-refractivity contribution in [2.45, 2.75) is 18.9 Å². The Balaban J connectivity index is 1.88. The molecule has 2 aromatic rings. The molecule has 1 unspecified atom stereocenters. The molecule has 0 aliphatic rings. The van der Waals surface area contributed by atoms with Crippen molar-refractivity contribution in [2.75, 3.05) is 0 Å². The fourth-order valence-corrected chi connectivity index (χ4v) is 2.10. The van der Waals surface area contributed by atoms with E-state index in [4.69, 9.17) is 4.42 Å². The lowest BCUT2D eigenvalue weighted by Crippen LogP contribution is -2.12. The molecule has 0 amide bonds. The van der Waals surface area contributed by atoms with Crippen LogP contribution in [0.1, 0.15) is 11.3 Å². The molecule has 74 valence electrons. The van der Waals surface area contributed by atoms with Crippen LogP contribution in [0.4, 0.5) is 0 Å². The third kappa shape index (κ3) is 2.47. The van der Waals surface area contributed by atoms with Gasteiger partial charge in [-0.3, -0.25) is 0 Å². The maximum absolute atomic E-state index is 9.74. The van der Waals surface area contributed by atoms with Gasteiger partial charge in [0.1, 0.15) is 5.76 Å². The lowest BCUT2D eigenvalue weighted by atomic mass is 10.1. The molecular formula is C11H12O2S. The molecule has 0 aliphatic heterocycles. The van der Waals surface area contributed by atoms with Crippen molar-refractivity contribution in [3.05, 3.63) is 46.5 Å². The number of thiophene rings is 1. The minimum Gasteiger partial charge on any atom is -0.469 e. The zero-order valence-electron chi connectivity index (χ0n) is 7.72. The summed E-state index contributed by atoms with van der Waals surface area (Å²) in [7, 11) is 0. The minimum atomic E-state index is -0.351. The zero-order chi connectivity index (χ0) is 9.80. The normalized spacial score (nSPS) is 12.9. The summed E-state index contributed by atoms with van der Waals surface area (Å²) in [5, 5.41) is 13.8. The Labute approximate surface area is 86.8 Å². The lowest BCUT2D eigenvalue weighted by molar-refractivity contribution is 0.168. The Morgan fingerprint density at radius 2 is 2.29 bits per heavy atom. The van der Waals surface area contributed by atoms with Crippen LogP contribution in [0.3, 0.4) is 0 Å². The van der Waals surface area contributed by atoms with Gasteiger partial charge in [-0.15, -0.1) is 0 Å². The topological polar surface area (TPSA) is 33.4 Å². The number of aliphatic hydroxyl groups is 1. The largest absolute Gasteiger partial charge is 0.469 e. The van der Waals surface area contributed by atoms with Crippen molar-refractivity contribution in [2.24, 2.45) is 0 Å². The van der Waals surface area contributed by atoms with Crippen molar-refractivity contribution in [3.63, 3.8) is 0 Å². The second-order valence-electron chi connectivity index (χ2n) is 3.27. The molecule has 2 nitrogen and oxygen atoms in total. The first-order chi connectivity index (χ1) is 6.84. The molecule has 0 aliphatic carbocycles. The molecule has 0 radical (unpaired) electrons. The second kappa shape index (κ2) is 4.44. The third-order valence-corrected chi connectivity index (χ3v) is 2.80. The van der Waals surface area contributed by atoms with E-state index in [1.165, 1.54) is 5.56 Å². The minimum absolute atomic E-state index is 0.351. The van der Waals surface area contributed by atoms with Crippen LogP contribution in [-0.4, -0.2) is 11.2 Å². The number of aliphatic hydroxyl groups excluding tert-OH is 1. The van der Waals surface area contributed by atoms with Gasteiger partial charge < -0.3 is 9.52 Å². The Morgan fingerprint density at radius 1 is 1.36 bits per heavy atom. The predicted molar refractivity (Wildman–Crippen MR) is 56.4 cm³/mol. The quantitative estimate of drug-likeness (QED) is 0.837. The van der Waals surface area contributed by atoms with Crippen LogP contribution in [0.2, 0.25) is 0 Å². The summed E-state index contributed by atoms with van der Waals surface area (Å²) in [5.41, 5.74) is 1.19. The van der Waals surface area contributed by atoms with Gasteiger partial charge in [0.25, 0.3) is 0 Å². The molecule has 3 heteroatoms. The average molecular weight is 208 g/mol. The smallest absolute Gasteiger partial charge is 0.106 e. The Morgan fingerprint density at radius 3 is 2.93 bits per heavy atom. The summed E-state index contributed by atoms with van der Waals surface area (Å²) in [5.74, 6) is 0.840. The molecule has 2 heterocycles. The summed E-state index contributed by atoms with van der Waals surface area (Å²) >= 11 is 1.65. The number of hydrogen-bond acceptors (Lipinski definition) is 3. The average Bonchev–Trinajstić information content (AvgIpc) is 2.76. The van der Waals surface area contributed by atoms with E-state index in [-0.39, 0.29) is 6.10 Å². The van der Waals surface area contributed by atoms with Crippen LogP contribution < -0.4 is 0 Å². The van der Waals surface area contributed by atoms with Crippen LogP contribution in [-0.2, 0) is 12.8 Å². The van der Waals surface area contributed by atoms with Crippen LogP contribution in [0.15, 0.2) is 39.6 Å². The van der Waals surface area contributed by atoms with Crippen molar-refractivity contribution in [3.8, 4) is 0 Å². The van der Waals surface area contributed by atoms with E-state index in [0.717, 1.165) is 5.76 Å². The standard InChI is InChI=1S/C11H12O2S/c12-10(6-9-3-5-14-8-9)7-11-2-1-4-13-11/h1-5,8,10,12H,6-7H2. The molecule has 1 atom stereocenters. The van der Waals surface area contributed by atoms with Crippen LogP contribution >= 0.6 is 11.3 Å². The van der Waals surface area contributed by atoms with Gasteiger partial charge in [-0.25, -0.2) is 0 Å². The second-order valence-corrected chi connectivity index (χ2v) is 4.05. The first-order valence-electron chi connectivity index (χ1n) is 4.56. The van der Waals surface area contributed by atoms with Crippen LogP contribution in [0, 0.1) is 0 Å². The highest BCUT2D eigenvalue weighted by Crippen LogP contribution is 2.12. The number of rotatable bonds is 4. The van der Waals surface area contributed by atoms with Gasteiger partial charge in [-0.05, 0) is 40.9 Å². The van der Waals surface area contributed by atoms with Crippen molar-refractivity contribution in [1.29, 1.82) is 0 Å². The molecule has 2 rings (SSSR count). The molecule has 1 N–H and O–H groups in total. The number of hydrogen-bond donors (Lipinski definition) is 1. The Bertz CT molecular complexity index is 314. The summed E-state index contributed by atoms with van der Waals surface area (Å²) in [6.07, 6.45) is 2.57. The first kappa shape index (κ1) is 9.49. The summed E-state index contributed by atoms with van der Waals surface area (Å²) in [6, 6.07) is 5.76. The maximum Gasteiger partial charge on any atom is 0.106 e. The zero-order valence-corrected chi connectivity index (χ0v) is 8.54. The Kier molecular flexibility index (Phi) is 3.01. The molecule has 0 aromatic carbocycles. The van der Waals surface area contributed by atoms with Gasteiger partial charge in [0.15, 0.2) is 0 Å². The third-order valence-electron chi connectivity index (χ3n) is 2.07. The molecule has 0 spiro atoms. The number of furan rings is 1. The summed E-state index contributed by atoms with van der Waals surface area (Å²) in [4.78, 5) is 0. The van der Waals surface area contributed by atoms with E-state index in [0.29, 0.717) is 12.8 Å². The van der Waals surface area contributed by atoms with E-state index in [9.17, 15) is 5.11 Å². The van der Waals surface area contributed by atoms with Gasteiger partial charge in [0.2, 0.25) is 0 Å². The summed E-state index contributed by atoms with van der Waals surface area (Å²) in [6.45, 7) is 0. The van der Waals surface area contributed by atoms with E-state index in [2.05, 4.69) is 5.38 Å². The maximum atomic E-state index is 9.74. The highest BCUT2D eigenvalue weighted by molar-refractivity contribution is 7.07. The van der Waals surface area contributed by atoms with Gasteiger partial charge in [-0.2, -0.15) is 11.3 Å². The monoisotopic (exact) mass is 208 g/mol. The van der Waals surface area contributed by atoms with Gasteiger partial charge >= 0.3 is 0 Å². The molecule has 2 aromatic heterocycles. The molecule has 0 fully saturated rings. The molecule has 14 heavy (non-hydrogen) atoms. The fraction of sp³-hybridized carbons (Fsp3) is 0.273. The molecule has 0 saturated carbocycles. The van der Waals surface area contributed by atoms with Gasteiger partial charge in [0.05, 0.1) is 12.4 Å². The highest BCUT2D eigenvalue weighted by Gasteiger charge is 2.08. The van der Waals surface area contributed by atoms with E-state index < -0.39 is 0 Å². The SMILES string of the molecule is OC(Cc1ccsc1)Cc1ccco1. The molecule has 0 saturated heterocycles. The molecular weight excluding hydrogens is 196 g/mol. The predicted octanol–water partition coefficient (Wildman–Crippen LogP) is 2.49.